The lowest BCUT2D eigenvalue weighted by molar-refractivity contribution is -0.120. The Labute approximate surface area is 84.7 Å². The predicted octanol–water partition coefficient (Wildman–Crippen LogP) is 2.18. The molecule has 0 aromatic rings. The number of hydrogen-bond donors (Lipinski definition) is 0. The van der Waals surface area contributed by atoms with Crippen LogP contribution < -0.4 is 0 Å². The minimum Gasteiger partial charge on any atom is -0.453 e. The number of fused-ring (bicyclic) bond motifs is 1. The Morgan fingerprint density at radius 2 is 2.00 bits per heavy atom. The largest absolute Gasteiger partial charge is 0.453 e. The molecule has 2 rings (SSSR count). The van der Waals surface area contributed by atoms with Gasteiger partial charge >= 0.3 is 6.09 Å². The zero-order valence-corrected chi connectivity index (χ0v) is 9.04. The third-order valence-electron chi connectivity index (χ3n) is 4.05. The lowest BCUT2D eigenvalue weighted by atomic mass is 9.58. The summed E-state index contributed by atoms with van der Waals surface area (Å²) < 4.78 is 4.78. The third-order valence-corrected chi connectivity index (χ3v) is 4.05. The van der Waals surface area contributed by atoms with Crippen LogP contribution in [-0.2, 0) is 4.74 Å². The van der Waals surface area contributed by atoms with E-state index < -0.39 is 0 Å². The molecule has 1 fully saturated rings. The molecule has 0 bridgehead atoms. The number of methoxy groups -OCH3 is 1. The molecule has 0 radical (unpaired) electrons. The van der Waals surface area contributed by atoms with Gasteiger partial charge in [-0.25, -0.2) is 4.79 Å². The van der Waals surface area contributed by atoms with Gasteiger partial charge in [0.1, 0.15) is 0 Å². The highest BCUT2D eigenvalue weighted by molar-refractivity contribution is 5.70. The van der Waals surface area contributed by atoms with Gasteiger partial charge in [-0.15, -0.1) is 0 Å². The van der Waals surface area contributed by atoms with E-state index in [2.05, 4.69) is 26.0 Å². The number of carbonyl (C=O) groups is 1. The first kappa shape index (κ1) is 9.56. The summed E-state index contributed by atoms with van der Waals surface area (Å²) in [4.78, 5) is 13.3. The Balaban J connectivity index is 2.22. The van der Waals surface area contributed by atoms with Crippen molar-refractivity contribution >= 4 is 6.09 Å². The van der Waals surface area contributed by atoms with E-state index in [1.165, 1.54) is 7.11 Å². The monoisotopic (exact) mass is 195 g/mol. The molecule has 0 N–H and O–H groups in total. The summed E-state index contributed by atoms with van der Waals surface area (Å²) in [6.07, 6.45) is 6.20. The van der Waals surface area contributed by atoms with Crippen LogP contribution in [0.5, 0.6) is 0 Å². The van der Waals surface area contributed by atoms with E-state index in [4.69, 9.17) is 4.74 Å². The molecular weight excluding hydrogens is 178 g/mol. The van der Waals surface area contributed by atoms with Crippen molar-refractivity contribution in [3.63, 3.8) is 0 Å². The molecule has 2 aliphatic rings. The van der Waals surface area contributed by atoms with Crippen LogP contribution in [-0.4, -0.2) is 30.2 Å². The molecule has 0 spiro atoms. The average molecular weight is 195 g/mol. The van der Waals surface area contributed by atoms with E-state index >= 15 is 0 Å². The Morgan fingerprint density at radius 1 is 1.36 bits per heavy atom. The van der Waals surface area contributed by atoms with Crippen LogP contribution in [0.15, 0.2) is 12.2 Å². The standard InChI is InChI=1S/C11H17NO2/c1-10-6-4-5-7-11(10,2)12(8-10)9(13)14-3/h4-5H,6-8H2,1-3H3/t10-,11-/m1/s1. The maximum atomic E-state index is 11.5. The molecule has 1 saturated heterocycles. The minimum atomic E-state index is -0.194. The highest BCUT2D eigenvalue weighted by Crippen LogP contribution is 2.53. The van der Waals surface area contributed by atoms with Gasteiger partial charge in [0.15, 0.2) is 0 Å². The summed E-state index contributed by atoms with van der Waals surface area (Å²) in [5, 5.41) is 0. The number of hydrogen-bond acceptors (Lipinski definition) is 2. The van der Waals surface area contributed by atoms with Gasteiger partial charge in [-0.05, 0) is 19.8 Å². The fraction of sp³-hybridized carbons (Fsp3) is 0.727. The predicted molar refractivity (Wildman–Crippen MR) is 54.0 cm³/mol. The lowest BCUT2D eigenvalue weighted by Gasteiger charge is -2.64. The smallest absolute Gasteiger partial charge is 0.409 e. The average Bonchev–Trinajstić information content (AvgIpc) is 2.17. The van der Waals surface area contributed by atoms with Crippen LogP contribution in [0.1, 0.15) is 26.7 Å². The van der Waals surface area contributed by atoms with E-state index in [9.17, 15) is 4.79 Å². The first-order valence-corrected chi connectivity index (χ1v) is 5.04. The maximum Gasteiger partial charge on any atom is 0.409 e. The normalized spacial score (nSPS) is 40.1. The van der Waals surface area contributed by atoms with Gasteiger partial charge in [-0.1, -0.05) is 19.1 Å². The summed E-state index contributed by atoms with van der Waals surface area (Å²) in [6, 6.07) is 0. The summed E-state index contributed by atoms with van der Waals surface area (Å²) in [5.41, 5.74) is 0.213. The van der Waals surface area contributed by atoms with Gasteiger partial charge in [-0.2, -0.15) is 0 Å². The first-order valence-electron chi connectivity index (χ1n) is 5.04. The highest BCUT2D eigenvalue weighted by Gasteiger charge is 2.60. The van der Waals surface area contributed by atoms with E-state index in [1.54, 1.807) is 0 Å². The second-order valence-corrected chi connectivity index (χ2v) is 4.77. The van der Waals surface area contributed by atoms with Crippen LogP contribution in [0.2, 0.25) is 0 Å². The molecule has 14 heavy (non-hydrogen) atoms. The summed E-state index contributed by atoms with van der Waals surface area (Å²) in [6.45, 7) is 5.22. The molecule has 3 heteroatoms. The number of allylic oxidation sites excluding steroid dienone is 1. The van der Waals surface area contributed by atoms with Crippen LogP contribution >= 0.6 is 0 Å². The van der Waals surface area contributed by atoms with Gasteiger partial charge in [0, 0.05) is 12.0 Å². The van der Waals surface area contributed by atoms with Gasteiger partial charge < -0.3 is 9.64 Å². The van der Waals surface area contributed by atoms with E-state index in [1.807, 2.05) is 4.90 Å². The van der Waals surface area contributed by atoms with Gasteiger partial charge in [0.25, 0.3) is 0 Å². The van der Waals surface area contributed by atoms with Gasteiger partial charge in [0.05, 0.1) is 12.6 Å². The van der Waals surface area contributed by atoms with Crippen molar-refractivity contribution < 1.29 is 9.53 Å². The molecule has 3 nitrogen and oxygen atoms in total. The molecule has 2 atom stereocenters. The first-order chi connectivity index (χ1) is 6.53. The third kappa shape index (κ3) is 0.954. The van der Waals surface area contributed by atoms with E-state index in [0.29, 0.717) is 0 Å². The van der Waals surface area contributed by atoms with Gasteiger partial charge in [-0.3, -0.25) is 0 Å². The van der Waals surface area contributed by atoms with Crippen molar-refractivity contribution in [2.45, 2.75) is 32.2 Å². The number of rotatable bonds is 0. The van der Waals surface area contributed by atoms with Crippen molar-refractivity contribution in [3.8, 4) is 0 Å². The van der Waals surface area contributed by atoms with Crippen molar-refractivity contribution in [1.29, 1.82) is 0 Å². The number of carbonyl (C=O) groups excluding carboxylic acids is 1. The molecule has 0 aromatic carbocycles. The highest BCUT2D eigenvalue weighted by atomic mass is 16.5. The Morgan fingerprint density at radius 3 is 2.57 bits per heavy atom. The number of ether oxygens (including phenoxy) is 1. The van der Waals surface area contributed by atoms with Crippen LogP contribution in [0.25, 0.3) is 0 Å². The van der Waals surface area contributed by atoms with Crippen molar-refractivity contribution in [3.05, 3.63) is 12.2 Å². The summed E-state index contributed by atoms with van der Waals surface area (Å²) in [7, 11) is 1.44. The lowest BCUT2D eigenvalue weighted by Crippen LogP contribution is -2.73. The fourth-order valence-electron chi connectivity index (χ4n) is 2.60. The zero-order valence-electron chi connectivity index (χ0n) is 9.04. The molecule has 0 aromatic heterocycles. The second kappa shape index (κ2) is 2.75. The molecule has 78 valence electrons. The van der Waals surface area contributed by atoms with Crippen LogP contribution in [0.4, 0.5) is 4.79 Å². The maximum absolute atomic E-state index is 11.5. The van der Waals surface area contributed by atoms with Gasteiger partial charge in [0.2, 0.25) is 0 Å². The molecule has 1 aliphatic heterocycles. The van der Waals surface area contributed by atoms with E-state index in [0.717, 1.165) is 19.4 Å². The second-order valence-electron chi connectivity index (χ2n) is 4.77. The molecule has 0 unspecified atom stereocenters. The quantitative estimate of drug-likeness (QED) is 0.554. The van der Waals surface area contributed by atoms with Crippen molar-refractivity contribution in [2.75, 3.05) is 13.7 Å². The topological polar surface area (TPSA) is 29.5 Å². The zero-order chi connectivity index (χ0) is 10.4. The Kier molecular flexibility index (Phi) is 1.88. The molecular formula is C11H17NO2. The Hall–Kier alpha value is -0.990. The van der Waals surface area contributed by atoms with E-state index in [-0.39, 0.29) is 17.0 Å². The number of nitrogens with zero attached hydrogens (tertiary/aromatic N) is 1. The summed E-state index contributed by atoms with van der Waals surface area (Å²) in [5.74, 6) is 0. The SMILES string of the molecule is COC(=O)N1C[C@@]2(C)CC=CC[C@@]12C. The van der Waals surface area contributed by atoms with Crippen molar-refractivity contribution in [1.82, 2.24) is 4.90 Å². The Bertz CT molecular complexity index is 300. The fourth-order valence-corrected chi connectivity index (χ4v) is 2.60. The summed E-state index contributed by atoms with van der Waals surface area (Å²) >= 11 is 0. The van der Waals surface area contributed by atoms with Crippen molar-refractivity contribution in [2.24, 2.45) is 5.41 Å². The molecule has 1 heterocycles. The number of amides is 1. The minimum absolute atomic E-state index is 0.0329. The molecule has 1 aliphatic carbocycles. The van der Waals surface area contributed by atoms with Crippen LogP contribution in [0, 0.1) is 5.41 Å². The number of likely N-dealkylation sites (tertiary alicyclic amines) is 1. The van der Waals surface area contributed by atoms with Crippen LogP contribution in [0.3, 0.4) is 0 Å². The molecule has 0 saturated carbocycles. The molecule has 1 amide bonds.